The second-order valence-electron chi connectivity index (χ2n) is 2.23. The minimum atomic E-state index is -1.21. The molecule has 0 radical (unpaired) electrons. The molecule has 0 aliphatic heterocycles. The fourth-order valence-corrected chi connectivity index (χ4v) is 1.05. The summed E-state index contributed by atoms with van der Waals surface area (Å²) >= 11 is 5.48. The third-order valence-electron chi connectivity index (χ3n) is 1.39. The molecule has 0 atom stereocenters. The second-order valence-corrected chi connectivity index (χ2v) is 2.63. The van der Waals surface area contributed by atoms with E-state index in [0.29, 0.717) is 0 Å². The summed E-state index contributed by atoms with van der Waals surface area (Å²) in [6.45, 7) is 0. The Morgan fingerprint density at radius 1 is 1.50 bits per heavy atom. The first-order chi connectivity index (χ1) is 6.02. The van der Waals surface area contributed by atoms with Crippen molar-refractivity contribution in [3.8, 4) is 0 Å². The Balaban J connectivity index is 0.00000169. The van der Waals surface area contributed by atoms with Crippen molar-refractivity contribution in [2.45, 2.75) is 0 Å². The number of hydrogen-bond donors (Lipinski definition) is 1. The van der Waals surface area contributed by atoms with E-state index in [1.807, 2.05) is 0 Å². The van der Waals surface area contributed by atoms with Crippen LogP contribution in [0.4, 0.5) is 5.69 Å². The summed E-state index contributed by atoms with van der Waals surface area (Å²) in [6, 6.07) is 3.20. The minimum absolute atomic E-state index is 0. The van der Waals surface area contributed by atoms with E-state index in [9.17, 15) is 14.9 Å². The second kappa shape index (κ2) is 5.31. The zero-order chi connectivity index (χ0) is 10.0. The third-order valence-corrected chi connectivity index (χ3v) is 1.71. The molecule has 0 saturated heterocycles. The predicted octanol–water partition coefficient (Wildman–Crippen LogP) is 1.30. The van der Waals surface area contributed by atoms with Crippen molar-refractivity contribution in [2.75, 3.05) is 0 Å². The molecule has 0 saturated carbocycles. The maximum atomic E-state index is 10.4. The normalized spacial score (nSPS) is 8.93. The van der Waals surface area contributed by atoms with Crippen LogP contribution in [0.1, 0.15) is 10.4 Å². The van der Waals surface area contributed by atoms with Crippen molar-refractivity contribution in [2.24, 2.45) is 0 Å². The van der Waals surface area contributed by atoms with Crippen molar-refractivity contribution in [3.05, 3.63) is 38.9 Å². The topological polar surface area (TPSA) is 80.4 Å². The monoisotopic (exact) mass is 225 g/mol. The van der Waals surface area contributed by atoms with Gasteiger partial charge in [-0.25, -0.2) is 4.79 Å². The summed E-state index contributed by atoms with van der Waals surface area (Å²) < 4.78 is 0. The van der Waals surface area contributed by atoms with E-state index < -0.39 is 10.9 Å². The molecule has 0 aliphatic carbocycles. The Kier molecular flexibility index (Phi) is 5.07. The number of rotatable bonds is 2. The summed E-state index contributed by atoms with van der Waals surface area (Å²) in [7, 11) is 0. The number of nitro benzene ring substituents is 1. The average Bonchev–Trinajstić information content (AvgIpc) is 2.03. The molecule has 7 heteroatoms. The summed E-state index contributed by atoms with van der Waals surface area (Å²) in [5.74, 6) is -1.21. The van der Waals surface area contributed by atoms with E-state index >= 15 is 0 Å². The molecule has 1 aromatic rings. The molecule has 1 N–H and O–H groups in total. The van der Waals surface area contributed by atoms with Crippen molar-refractivity contribution in [3.63, 3.8) is 0 Å². The molecule has 1 aromatic carbocycles. The van der Waals surface area contributed by atoms with Gasteiger partial charge in [0.2, 0.25) is 0 Å². The van der Waals surface area contributed by atoms with Crippen LogP contribution in [0, 0.1) is 10.1 Å². The van der Waals surface area contributed by atoms with Crippen LogP contribution in [0.2, 0.25) is 5.02 Å². The number of hydrogen-bond acceptors (Lipinski definition) is 3. The third kappa shape index (κ3) is 2.95. The van der Waals surface area contributed by atoms with Gasteiger partial charge in [0.25, 0.3) is 5.69 Å². The van der Waals surface area contributed by atoms with E-state index in [4.69, 9.17) is 16.7 Å². The van der Waals surface area contributed by atoms with E-state index in [2.05, 4.69) is 0 Å². The number of non-ortho nitro benzene ring substituents is 1. The zero-order valence-electron chi connectivity index (χ0n) is 6.23. The first-order valence-electron chi connectivity index (χ1n) is 3.19. The van der Waals surface area contributed by atoms with Crippen molar-refractivity contribution < 1.29 is 14.8 Å². The van der Waals surface area contributed by atoms with Gasteiger partial charge in [-0.05, 0) is 6.07 Å². The summed E-state index contributed by atoms with van der Waals surface area (Å²) in [5, 5.41) is 18.6. The molecule has 0 spiro atoms. The first kappa shape index (κ1) is 13.4. The Morgan fingerprint density at radius 2 is 2.07 bits per heavy atom. The van der Waals surface area contributed by atoms with Crippen molar-refractivity contribution in [1.82, 2.24) is 0 Å². The van der Waals surface area contributed by atoms with Gasteiger partial charge in [-0.2, -0.15) is 0 Å². The standard InChI is InChI=1S/C7H4ClNO4.Na.H/c8-6-3-4(9(12)13)1-2-5(6)7(10)11;;/h1-3H,(H,10,11);;. The molecule has 70 valence electrons. The molecule has 5 nitrogen and oxygen atoms in total. The molecule has 1 rings (SSSR count). The molecular formula is C7H5ClNNaO4. The number of carboxylic acids is 1. The van der Waals surface area contributed by atoms with E-state index in [1.165, 1.54) is 0 Å². The molecule has 14 heavy (non-hydrogen) atoms. The van der Waals surface area contributed by atoms with Crippen LogP contribution >= 0.6 is 11.6 Å². The van der Waals surface area contributed by atoms with Gasteiger partial charge < -0.3 is 5.11 Å². The zero-order valence-corrected chi connectivity index (χ0v) is 6.99. The molecule has 0 fully saturated rings. The quantitative estimate of drug-likeness (QED) is 0.467. The molecular weight excluding hydrogens is 221 g/mol. The van der Waals surface area contributed by atoms with Crippen LogP contribution in [0.5, 0.6) is 0 Å². The van der Waals surface area contributed by atoms with Gasteiger partial charge in [0.05, 0.1) is 15.5 Å². The van der Waals surface area contributed by atoms with Gasteiger partial charge in [0.1, 0.15) is 0 Å². The molecule has 0 heterocycles. The summed E-state index contributed by atoms with van der Waals surface area (Å²) in [6.07, 6.45) is 0. The van der Waals surface area contributed by atoms with E-state index in [0.717, 1.165) is 18.2 Å². The fraction of sp³-hybridized carbons (Fsp3) is 0. The maximum absolute atomic E-state index is 10.4. The van der Waals surface area contributed by atoms with Gasteiger partial charge >= 0.3 is 35.5 Å². The SMILES string of the molecule is O=C(O)c1ccc([N+](=O)[O-])cc1Cl.[NaH]. The number of aromatic carboxylic acids is 1. The molecule has 0 amide bonds. The van der Waals surface area contributed by atoms with Crippen LogP contribution in [0.25, 0.3) is 0 Å². The average molecular weight is 226 g/mol. The fourth-order valence-electron chi connectivity index (χ4n) is 0.791. The van der Waals surface area contributed by atoms with Gasteiger partial charge in [-0.15, -0.1) is 0 Å². The Hall–Kier alpha value is -0.620. The van der Waals surface area contributed by atoms with Gasteiger partial charge in [-0.3, -0.25) is 10.1 Å². The molecule has 0 aliphatic rings. The predicted molar refractivity (Wildman–Crippen MR) is 52.2 cm³/mol. The van der Waals surface area contributed by atoms with Crippen LogP contribution in [0.3, 0.4) is 0 Å². The number of carbonyl (C=O) groups is 1. The molecule has 0 unspecified atom stereocenters. The Morgan fingerprint density at radius 3 is 2.43 bits per heavy atom. The summed E-state index contributed by atoms with van der Waals surface area (Å²) in [4.78, 5) is 20.0. The van der Waals surface area contributed by atoms with E-state index in [1.54, 1.807) is 0 Å². The van der Waals surface area contributed by atoms with Gasteiger partial charge in [-0.1, -0.05) is 11.6 Å². The number of carboxylic acid groups (broad SMARTS) is 1. The van der Waals surface area contributed by atoms with Crippen molar-refractivity contribution >= 4 is 52.8 Å². The Labute approximate surface area is 106 Å². The van der Waals surface area contributed by atoms with Gasteiger partial charge in [0.15, 0.2) is 0 Å². The molecule has 0 aromatic heterocycles. The number of nitrogens with zero attached hydrogens (tertiary/aromatic N) is 1. The first-order valence-corrected chi connectivity index (χ1v) is 3.57. The van der Waals surface area contributed by atoms with Gasteiger partial charge in [0, 0.05) is 12.1 Å². The number of nitro groups is 1. The molecule has 0 bridgehead atoms. The van der Waals surface area contributed by atoms with Crippen LogP contribution in [-0.2, 0) is 0 Å². The van der Waals surface area contributed by atoms with Crippen LogP contribution in [0.15, 0.2) is 18.2 Å². The van der Waals surface area contributed by atoms with Crippen LogP contribution < -0.4 is 0 Å². The summed E-state index contributed by atoms with van der Waals surface area (Å²) in [5.41, 5.74) is -0.373. The Bertz CT molecular complexity index is 382. The number of halogens is 1. The number of benzene rings is 1. The van der Waals surface area contributed by atoms with Crippen molar-refractivity contribution in [1.29, 1.82) is 0 Å². The van der Waals surface area contributed by atoms with E-state index in [-0.39, 0.29) is 45.8 Å². The van der Waals surface area contributed by atoms with Crippen LogP contribution in [-0.4, -0.2) is 45.6 Å².